The van der Waals surface area contributed by atoms with Crippen LogP contribution < -0.4 is 10.5 Å². The van der Waals surface area contributed by atoms with E-state index in [1.165, 1.54) is 18.4 Å². The molecular weight excluding hydrogens is 290 g/mol. The molecule has 1 aromatic carbocycles. The second-order valence-electron chi connectivity index (χ2n) is 4.78. The molecule has 6 nitrogen and oxygen atoms in total. The van der Waals surface area contributed by atoms with Crippen molar-refractivity contribution in [1.29, 1.82) is 0 Å². The second kappa shape index (κ2) is 6.11. The molecule has 0 spiro atoms. The lowest BCUT2D eigenvalue weighted by Gasteiger charge is -2.06. The molecule has 0 saturated carbocycles. The van der Waals surface area contributed by atoms with Gasteiger partial charge in [-0.3, -0.25) is 0 Å². The van der Waals surface area contributed by atoms with Gasteiger partial charge in [-0.15, -0.1) is 11.3 Å². The zero-order valence-corrected chi connectivity index (χ0v) is 12.9. The molecule has 0 bridgehead atoms. The van der Waals surface area contributed by atoms with Gasteiger partial charge in [0.05, 0.1) is 18.5 Å². The molecule has 2 rings (SSSR count). The molecule has 0 unspecified atom stereocenters. The van der Waals surface area contributed by atoms with E-state index >= 15 is 0 Å². The Bertz CT molecular complexity index is 667. The number of methoxy groups -OCH3 is 1. The number of rotatable bonds is 5. The van der Waals surface area contributed by atoms with Crippen molar-refractivity contribution in [3.05, 3.63) is 28.1 Å². The normalized spacial score (nSPS) is 10.9. The molecule has 0 amide bonds. The van der Waals surface area contributed by atoms with Gasteiger partial charge in [-0.1, -0.05) is 0 Å². The molecule has 3 N–H and O–H groups in total. The van der Waals surface area contributed by atoms with E-state index in [1.54, 1.807) is 18.2 Å². The minimum absolute atomic E-state index is 0.219. The van der Waals surface area contributed by atoms with Crippen LogP contribution in [0.2, 0.25) is 0 Å². The molecule has 0 aliphatic rings. The van der Waals surface area contributed by atoms with Crippen molar-refractivity contribution < 1.29 is 14.6 Å². The number of carboxylic acid groups (broad SMARTS) is 1. The van der Waals surface area contributed by atoms with Gasteiger partial charge in [0.15, 0.2) is 0 Å². The SMILES string of the molecule is COc1ccc(-c2nc(CN(C)C)sc2C(=O)O)cc1N. The predicted molar refractivity (Wildman–Crippen MR) is 82.9 cm³/mol. The van der Waals surface area contributed by atoms with Crippen LogP contribution in [0.4, 0.5) is 5.69 Å². The van der Waals surface area contributed by atoms with Crippen LogP contribution in [-0.4, -0.2) is 42.2 Å². The molecule has 0 aliphatic heterocycles. The van der Waals surface area contributed by atoms with Crippen molar-refractivity contribution in [1.82, 2.24) is 9.88 Å². The first-order valence-corrected chi connectivity index (χ1v) is 7.05. The molecule has 0 atom stereocenters. The monoisotopic (exact) mass is 307 g/mol. The quantitative estimate of drug-likeness (QED) is 0.823. The number of nitrogen functional groups attached to an aromatic ring is 1. The fourth-order valence-electron chi connectivity index (χ4n) is 1.92. The summed E-state index contributed by atoms with van der Waals surface area (Å²) in [6.45, 7) is 0.594. The Balaban J connectivity index is 2.48. The van der Waals surface area contributed by atoms with Gasteiger partial charge in [0.25, 0.3) is 0 Å². The highest BCUT2D eigenvalue weighted by molar-refractivity contribution is 7.14. The van der Waals surface area contributed by atoms with Crippen LogP contribution in [0.25, 0.3) is 11.3 Å². The van der Waals surface area contributed by atoms with Crippen LogP contribution in [-0.2, 0) is 6.54 Å². The molecular formula is C14H17N3O3S. The predicted octanol–water partition coefficient (Wildman–Crippen LogP) is 2.16. The van der Waals surface area contributed by atoms with Gasteiger partial charge in [0, 0.05) is 12.1 Å². The molecule has 2 aromatic rings. The Morgan fingerprint density at radius 3 is 2.71 bits per heavy atom. The maximum Gasteiger partial charge on any atom is 0.348 e. The van der Waals surface area contributed by atoms with Gasteiger partial charge in [0.1, 0.15) is 15.6 Å². The number of aromatic nitrogens is 1. The van der Waals surface area contributed by atoms with E-state index in [2.05, 4.69) is 4.98 Å². The maximum atomic E-state index is 11.4. The van der Waals surface area contributed by atoms with E-state index in [4.69, 9.17) is 10.5 Å². The van der Waals surface area contributed by atoms with Crippen molar-refractivity contribution >= 4 is 23.0 Å². The van der Waals surface area contributed by atoms with Gasteiger partial charge < -0.3 is 20.5 Å². The molecule has 112 valence electrons. The number of carboxylic acids is 1. The van der Waals surface area contributed by atoms with Crippen LogP contribution in [0.1, 0.15) is 14.7 Å². The smallest absolute Gasteiger partial charge is 0.348 e. The lowest BCUT2D eigenvalue weighted by molar-refractivity contribution is 0.0702. The highest BCUT2D eigenvalue weighted by Gasteiger charge is 2.19. The number of hydrogen-bond donors (Lipinski definition) is 2. The van der Waals surface area contributed by atoms with Crippen LogP contribution in [0, 0.1) is 0 Å². The van der Waals surface area contributed by atoms with E-state index in [1.807, 2.05) is 19.0 Å². The van der Waals surface area contributed by atoms with Crippen molar-refractivity contribution in [2.75, 3.05) is 26.9 Å². The molecule has 21 heavy (non-hydrogen) atoms. The first-order chi connectivity index (χ1) is 9.92. The van der Waals surface area contributed by atoms with E-state index < -0.39 is 5.97 Å². The number of thiazole rings is 1. The van der Waals surface area contributed by atoms with E-state index in [9.17, 15) is 9.90 Å². The van der Waals surface area contributed by atoms with Gasteiger partial charge in [-0.05, 0) is 32.3 Å². The molecule has 7 heteroatoms. The van der Waals surface area contributed by atoms with E-state index in [0.717, 1.165) is 5.01 Å². The average molecular weight is 307 g/mol. The van der Waals surface area contributed by atoms with Crippen molar-refractivity contribution in [3.8, 4) is 17.0 Å². The number of ether oxygens (including phenoxy) is 1. The fourth-order valence-corrected chi connectivity index (χ4v) is 2.97. The number of nitrogens with two attached hydrogens (primary N) is 1. The largest absolute Gasteiger partial charge is 0.495 e. The topological polar surface area (TPSA) is 88.7 Å². The van der Waals surface area contributed by atoms with Crippen LogP contribution in [0.15, 0.2) is 18.2 Å². The Morgan fingerprint density at radius 2 is 2.19 bits per heavy atom. The Morgan fingerprint density at radius 1 is 1.48 bits per heavy atom. The number of aromatic carboxylic acids is 1. The van der Waals surface area contributed by atoms with Crippen LogP contribution in [0.3, 0.4) is 0 Å². The molecule has 1 aromatic heterocycles. The van der Waals surface area contributed by atoms with Gasteiger partial charge >= 0.3 is 5.97 Å². The summed E-state index contributed by atoms with van der Waals surface area (Å²) in [6.07, 6.45) is 0. The average Bonchev–Trinajstić information content (AvgIpc) is 2.81. The lowest BCUT2D eigenvalue weighted by Crippen LogP contribution is -2.10. The standard InChI is InChI=1S/C14H17N3O3S/c1-17(2)7-11-16-12(13(21-11)14(18)19)8-4-5-10(20-3)9(15)6-8/h4-6H,7,15H2,1-3H3,(H,18,19). The fraction of sp³-hybridized carbons (Fsp3) is 0.286. The summed E-state index contributed by atoms with van der Waals surface area (Å²) >= 11 is 1.18. The molecule has 0 fully saturated rings. The van der Waals surface area contributed by atoms with Crippen LogP contribution >= 0.6 is 11.3 Å². The minimum atomic E-state index is -0.984. The van der Waals surface area contributed by atoms with Crippen molar-refractivity contribution in [2.24, 2.45) is 0 Å². The van der Waals surface area contributed by atoms with E-state index in [0.29, 0.717) is 29.2 Å². The summed E-state index contributed by atoms with van der Waals surface area (Å²) in [5.74, 6) is -0.429. The third-order valence-corrected chi connectivity index (χ3v) is 3.85. The number of anilines is 1. The maximum absolute atomic E-state index is 11.4. The summed E-state index contributed by atoms with van der Waals surface area (Å²) in [5.41, 5.74) is 7.45. The zero-order chi connectivity index (χ0) is 15.6. The number of benzene rings is 1. The van der Waals surface area contributed by atoms with Gasteiger partial charge in [-0.25, -0.2) is 9.78 Å². The highest BCUT2D eigenvalue weighted by Crippen LogP contribution is 2.32. The summed E-state index contributed by atoms with van der Waals surface area (Å²) in [6, 6.07) is 5.15. The van der Waals surface area contributed by atoms with Crippen LogP contribution in [0.5, 0.6) is 5.75 Å². The lowest BCUT2D eigenvalue weighted by atomic mass is 10.1. The third kappa shape index (κ3) is 3.32. The first-order valence-electron chi connectivity index (χ1n) is 6.24. The number of hydrogen-bond acceptors (Lipinski definition) is 6. The summed E-state index contributed by atoms with van der Waals surface area (Å²) in [4.78, 5) is 18.0. The molecule has 0 aliphatic carbocycles. The zero-order valence-electron chi connectivity index (χ0n) is 12.1. The summed E-state index contributed by atoms with van der Waals surface area (Å²) in [7, 11) is 5.35. The molecule has 0 saturated heterocycles. The second-order valence-corrected chi connectivity index (χ2v) is 5.87. The Labute approximate surface area is 126 Å². The Kier molecular flexibility index (Phi) is 4.44. The summed E-state index contributed by atoms with van der Waals surface area (Å²) < 4.78 is 5.11. The number of nitrogens with zero attached hydrogens (tertiary/aromatic N) is 2. The third-order valence-electron chi connectivity index (χ3n) is 2.82. The first kappa shape index (κ1) is 15.3. The van der Waals surface area contributed by atoms with Crippen molar-refractivity contribution in [2.45, 2.75) is 6.54 Å². The minimum Gasteiger partial charge on any atom is -0.495 e. The molecule has 0 radical (unpaired) electrons. The highest BCUT2D eigenvalue weighted by atomic mass is 32.1. The van der Waals surface area contributed by atoms with E-state index in [-0.39, 0.29) is 4.88 Å². The van der Waals surface area contributed by atoms with Gasteiger partial charge in [0.2, 0.25) is 0 Å². The van der Waals surface area contributed by atoms with Gasteiger partial charge in [-0.2, -0.15) is 0 Å². The number of carbonyl (C=O) groups is 1. The summed E-state index contributed by atoms with van der Waals surface area (Å²) in [5, 5.41) is 10.1. The molecule has 1 heterocycles. The Hall–Kier alpha value is -2.12. The van der Waals surface area contributed by atoms with Crippen molar-refractivity contribution in [3.63, 3.8) is 0 Å².